The van der Waals surface area contributed by atoms with Gasteiger partial charge in [0.05, 0.1) is 26.4 Å². The summed E-state index contributed by atoms with van der Waals surface area (Å²) in [5.74, 6) is -0.395. The molecule has 14 heteroatoms. The van der Waals surface area contributed by atoms with E-state index in [0.717, 1.165) is 122 Å². The lowest BCUT2D eigenvalue weighted by molar-refractivity contribution is -0.332. The number of carbonyl (C=O) groups excluding carboxylic acids is 1. The van der Waals surface area contributed by atoms with Gasteiger partial charge in [-0.05, 0) is 96.3 Å². The molecule has 2 fully saturated rings. The number of aliphatic hydroxyl groups is 7. The first-order valence-electron chi connectivity index (χ1n) is 30.5. The minimum absolute atomic E-state index is 0.0454. The number of rotatable bonds is 48. The zero-order valence-electron chi connectivity index (χ0n) is 48.6. The van der Waals surface area contributed by atoms with Crippen LogP contribution in [0.3, 0.4) is 0 Å². The molecule has 7 N–H and O–H groups in total. The van der Waals surface area contributed by atoms with E-state index in [1.54, 1.807) is 0 Å². The highest BCUT2D eigenvalue weighted by Crippen LogP contribution is 2.26. The van der Waals surface area contributed by atoms with Crippen LogP contribution in [0.4, 0.5) is 0 Å². The van der Waals surface area contributed by atoms with Crippen molar-refractivity contribution in [3.8, 4) is 0 Å². The van der Waals surface area contributed by atoms with E-state index in [1.165, 1.54) is 44.9 Å². The van der Waals surface area contributed by atoms with E-state index in [1.807, 2.05) is 0 Å². The van der Waals surface area contributed by atoms with Gasteiger partial charge in [-0.3, -0.25) is 4.79 Å². The summed E-state index contributed by atoms with van der Waals surface area (Å²) in [6.45, 7) is 3.42. The maximum atomic E-state index is 13.1. The van der Waals surface area contributed by atoms with Crippen molar-refractivity contribution in [3.05, 3.63) is 109 Å². The molecule has 452 valence electrons. The molecule has 2 saturated heterocycles. The van der Waals surface area contributed by atoms with Crippen molar-refractivity contribution in [3.63, 3.8) is 0 Å². The Morgan fingerprint density at radius 2 is 0.785 bits per heavy atom. The lowest BCUT2D eigenvalue weighted by Gasteiger charge is -2.42. The van der Waals surface area contributed by atoms with Crippen molar-refractivity contribution >= 4 is 5.97 Å². The van der Waals surface area contributed by atoms with Crippen molar-refractivity contribution in [2.24, 2.45) is 0 Å². The van der Waals surface area contributed by atoms with Gasteiger partial charge in [0.1, 0.15) is 54.9 Å². The molecule has 0 bridgehead atoms. The standard InChI is InChI=1S/C65H108O14/c1-3-5-7-9-11-13-15-17-19-21-23-24-25-26-27-28-29-31-33-35-37-39-41-43-45-47-49-74-51-54(77-57(67)48-46-44-42-40-38-36-34-32-30-22-20-18-16-14-12-10-8-6-4-2)52-75-64-63(73)61(71)59(69)56(79-64)53-76-65-62(72)60(70)58(68)55(50-66)78-65/h5-8,11-14,17-20,23-24,26-27,30,32,54-56,58-66,68-73H,3-4,9-10,15-16,21-22,25,28-29,31,33-53H2,1-2H3/b7-5-,8-6-,13-11-,14-12-,19-17-,20-18-,24-23-,27-26-,32-30-. The van der Waals surface area contributed by atoms with Crippen molar-refractivity contribution < 1.29 is 69.0 Å². The fraction of sp³-hybridized carbons (Fsp3) is 0.708. The van der Waals surface area contributed by atoms with Crippen molar-refractivity contribution in [1.82, 2.24) is 0 Å². The summed E-state index contributed by atoms with van der Waals surface area (Å²) in [4.78, 5) is 13.1. The summed E-state index contributed by atoms with van der Waals surface area (Å²) in [7, 11) is 0. The van der Waals surface area contributed by atoms with Gasteiger partial charge >= 0.3 is 5.97 Å². The summed E-state index contributed by atoms with van der Waals surface area (Å²) in [6.07, 6.45) is 52.9. The molecule has 2 rings (SSSR count). The lowest BCUT2D eigenvalue weighted by atomic mass is 9.98. The number of hydrogen-bond acceptors (Lipinski definition) is 14. The summed E-state index contributed by atoms with van der Waals surface area (Å²) in [6, 6.07) is 0. The maximum Gasteiger partial charge on any atom is 0.306 e. The van der Waals surface area contributed by atoms with Gasteiger partial charge in [0.2, 0.25) is 0 Å². The minimum atomic E-state index is -1.72. The summed E-state index contributed by atoms with van der Waals surface area (Å²) in [5, 5.41) is 72.4. The van der Waals surface area contributed by atoms with Crippen LogP contribution < -0.4 is 0 Å². The van der Waals surface area contributed by atoms with Gasteiger partial charge in [-0.2, -0.15) is 0 Å². The average Bonchev–Trinajstić information content (AvgIpc) is 3.46. The van der Waals surface area contributed by atoms with Crippen LogP contribution in [0.5, 0.6) is 0 Å². The predicted molar refractivity (Wildman–Crippen MR) is 316 cm³/mol. The van der Waals surface area contributed by atoms with Crippen molar-refractivity contribution in [2.75, 3.05) is 33.0 Å². The number of carbonyl (C=O) groups is 1. The van der Waals surface area contributed by atoms with Crippen LogP contribution in [0.25, 0.3) is 0 Å². The molecule has 0 aromatic heterocycles. The van der Waals surface area contributed by atoms with Crippen LogP contribution >= 0.6 is 0 Å². The smallest absolute Gasteiger partial charge is 0.306 e. The van der Waals surface area contributed by atoms with Crippen LogP contribution in [0.1, 0.15) is 194 Å². The summed E-state index contributed by atoms with van der Waals surface area (Å²) >= 11 is 0. The molecule has 14 nitrogen and oxygen atoms in total. The Morgan fingerprint density at radius 3 is 1.23 bits per heavy atom. The molecular formula is C65H108O14. The van der Waals surface area contributed by atoms with Crippen molar-refractivity contribution in [1.29, 1.82) is 0 Å². The molecule has 2 heterocycles. The molecular weight excluding hydrogens is 1000 g/mol. The lowest BCUT2D eigenvalue weighted by Crippen LogP contribution is -2.61. The van der Waals surface area contributed by atoms with Gasteiger partial charge in [-0.1, -0.05) is 200 Å². The Morgan fingerprint density at radius 1 is 0.418 bits per heavy atom. The first-order valence-corrected chi connectivity index (χ1v) is 30.5. The first kappa shape index (κ1) is 71.8. The Hall–Kier alpha value is -3.35. The van der Waals surface area contributed by atoms with E-state index in [-0.39, 0.29) is 19.6 Å². The quantitative estimate of drug-likeness (QED) is 0.0172. The number of esters is 1. The molecule has 11 atom stereocenters. The highest BCUT2D eigenvalue weighted by molar-refractivity contribution is 5.69. The molecule has 2 aliphatic rings. The second kappa shape index (κ2) is 50.4. The highest BCUT2D eigenvalue weighted by atomic mass is 16.7. The Bertz CT molecular complexity index is 1720. The predicted octanol–water partition coefficient (Wildman–Crippen LogP) is 11.5. The number of allylic oxidation sites excluding steroid dienone is 18. The zero-order chi connectivity index (χ0) is 57.2. The molecule has 79 heavy (non-hydrogen) atoms. The van der Waals surface area contributed by atoms with E-state index >= 15 is 0 Å². The Labute approximate surface area is 476 Å². The molecule has 11 unspecified atom stereocenters. The Kier molecular flexibility index (Phi) is 45.8. The molecule has 0 spiro atoms. The number of hydrogen-bond donors (Lipinski definition) is 7. The monoisotopic (exact) mass is 1110 g/mol. The van der Waals surface area contributed by atoms with Gasteiger partial charge in [0.25, 0.3) is 0 Å². The molecule has 0 amide bonds. The van der Waals surface area contributed by atoms with Crippen LogP contribution in [0.2, 0.25) is 0 Å². The molecule has 2 aliphatic heterocycles. The van der Waals surface area contributed by atoms with Crippen LogP contribution in [-0.2, 0) is 33.2 Å². The minimum Gasteiger partial charge on any atom is -0.457 e. The molecule has 0 radical (unpaired) electrons. The second-order valence-electron chi connectivity index (χ2n) is 20.8. The zero-order valence-corrected chi connectivity index (χ0v) is 48.6. The topological polar surface area (TPSA) is 214 Å². The van der Waals surface area contributed by atoms with E-state index < -0.39 is 86.7 Å². The molecule has 0 saturated carbocycles. The number of ether oxygens (including phenoxy) is 6. The van der Waals surface area contributed by atoms with Crippen molar-refractivity contribution in [2.45, 2.75) is 261 Å². The summed E-state index contributed by atoms with van der Waals surface area (Å²) in [5.41, 5.74) is 0. The highest BCUT2D eigenvalue weighted by Gasteiger charge is 2.47. The molecule has 0 aliphatic carbocycles. The SMILES string of the molecule is CC/C=C\C/C=C\C/C=C\C/C=C\C/C=C\CCCCCCCCCCCCOCC(COC1OC(COC2OC(CO)C(O)C(O)C2O)C(O)C(O)C1O)OC(=O)CCCCCCCC/C=C\C/C=C\C/C=C\C/C=C\CC. The van der Waals surface area contributed by atoms with Gasteiger partial charge < -0.3 is 64.2 Å². The third kappa shape index (κ3) is 36.7. The fourth-order valence-corrected chi connectivity index (χ4v) is 8.95. The maximum absolute atomic E-state index is 13.1. The van der Waals surface area contributed by atoms with Crippen LogP contribution in [0.15, 0.2) is 109 Å². The fourth-order valence-electron chi connectivity index (χ4n) is 8.95. The van der Waals surface area contributed by atoms with Gasteiger partial charge in [-0.15, -0.1) is 0 Å². The molecule has 0 aromatic carbocycles. The van der Waals surface area contributed by atoms with E-state index in [0.29, 0.717) is 13.0 Å². The van der Waals surface area contributed by atoms with E-state index in [4.69, 9.17) is 28.4 Å². The Balaban J connectivity index is 1.70. The second-order valence-corrected chi connectivity index (χ2v) is 20.8. The van der Waals surface area contributed by atoms with Gasteiger partial charge in [0, 0.05) is 13.0 Å². The van der Waals surface area contributed by atoms with Gasteiger partial charge in [-0.25, -0.2) is 0 Å². The number of unbranched alkanes of at least 4 members (excludes halogenated alkanes) is 16. The summed E-state index contributed by atoms with van der Waals surface area (Å²) < 4.78 is 34.4. The third-order valence-electron chi connectivity index (χ3n) is 13.8. The van der Waals surface area contributed by atoms with Crippen LogP contribution in [-0.4, -0.2) is 142 Å². The van der Waals surface area contributed by atoms with Crippen LogP contribution in [0, 0.1) is 0 Å². The molecule has 0 aromatic rings. The third-order valence-corrected chi connectivity index (χ3v) is 13.8. The average molecular weight is 1110 g/mol. The van der Waals surface area contributed by atoms with E-state index in [9.17, 15) is 40.5 Å². The van der Waals surface area contributed by atoms with Gasteiger partial charge in [0.15, 0.2) is 12.6 Å². The van der Waals surface area contributed by atoms with E-state index in [2.05, 4.69) is 123 Å². The first-order chi connectivity index (χ1) is 38.6. The normalized spacial score (nSPS) is 24.8. The largest absolute Gasteiger partial charge is 0.457 e. The number of aliphatic hydroxyl groups excluding tert-OH is 7.